The van der Waals surface area contributed by atoms with E-state index >= 15 is 0 Å². The Labute approximate surface area is 265 Å². The van der Waals surface area contributed by atoms with E-state index in [1.807, 2.05) is 59.1 Å². The number of rotatable bonds is 12. The maximum Gasteiger partial charge on any atom is 0.328 e. The van der Waals surface area contributed by atoms with Gasteiger partial charge in [0.1, 0.15) is 23.5 Å². The number of aryl methyl sites for hydroxylation is 1. The summed E-state index contributed by atoms with van der Waals surface area (Å²) in [5.74, 6) is -0.908. The molecule has 0 amide bonds. The van der Waals surface area contributed by atoms with Gasteiger partial charge in [0.05, 0.1) is 30.4 Å². The number of anilines is 1. The van der Waals surface area contributed by atoms with E-state index in [1.165, 1.54) is 31.5 Å². The Morgan fingerprint density at radius 3 is 2.41 bits per heavy atom. The molecule has 0 bridgehead atoms. The fraction of sp³-hybridized carbons (Fsp3) is 0.273. The fourth-order valence-corrected chi connectivity index (χ4v) is 5.04. The van der Waals surface area contributed by atoms with Gasteiger partial charge >= 0.3 is 11.9 Å². The van der Waals surface area contributed by atoms with Crippen molar-refractivity contribution in [1.82, 2.24) is 34.0 Å². The topological polar surface area (TPSA) is 160 Å². The molecule has 0 saturated carbocycles. The zero-order valence-electron chi connectivity index (χ0n) is 25.5. The Balaban J connectivity index is 0.000000463. The van der Waals surface area contributed by atoms with Gasteiger partial charge in [0.15, 0.2) is 0 Å². The van der Waals surface area contributed by atoms with Crippen LogP contribution in [0.4, 0.5) is 5.82 Å². The van der Waals surface area contributed by atoms with Crippen molar-refractivity contribution in [3.63, 3.8) is 0 Å². The van der Waals surface area contributed by atoms with E-state index in [4.69, 9.17) is 14.9 Å². The van der Waals surface area contributed by atoms with Crippen LogP contribution in [0.1, 0.15) is 24.8 Å². The van der Waals surface area contributed by atoms with Crippen molar-refractivity contribution in [1.29, 1.82) is 0 Å². The number of carboxylic acids is 2. The quantitative estimate of drug-likeness (QED) is 0.134. The van der Waals surface area contributed by atoms with Crippen LogP contribution in [0, 0.1) is 0 Å². The second-order valence-corrected chi connectivity index (χ2v) is 10.7. The first kappa shape index (κ1) is 31.9. The van der Waals surface area contributed by atoms with Gasteiger partial charge < -0.3 is 25.2 Å². The van der Waals surface area contributed by atoms with Crippen LogP contribution >= 0.6 is 0 Å². The average Bonchev–Trinajstić information content (AvgIpc) is 3.83. The maximum atomic E-state index is 9.55. The molecule has 0 radical (unpaired) electrons. The normalized spacial score (nSPS) is 13.1. The molecule has 13 heteroatoms. The molecule has 0 spiro atoms. The SMILES string of the molecule is Cn1cc(-c2ccc(CNc3cc(-c4cnc5cc(OCCCN6CCCC6)ccn45)ncn3)cc2)cn1.O=C(O)/C=C\C(=O)O. The van der Waals surface area contributed by atoms with E-state index in [0.29, 0.717) is 25.3 Å². The first-order chi connectivity index (χ1) is 22.3. The van der Waals surface area contributed by atoms with Crippen molar-refractivity contribution in [2.45, 2.75) is 25.8 Å². The molecule has 1 aromatic carbocycles. The highest BCUT2D eigenvalue weighted by Gasteiger charge is 2.12. The van der Waals surface area contributed by atoms with Gasteiger partial charge in [-0.1, -0.05) is 24.3 Å². The third kappa shape index (κ3) is 8.99. The number of hydrogen-bond donors (Lipinski definition) is 3. The minimum atomic E-state index is -1.26. The molecule has 1 fully saturated rings. The number of fused-ring (bicyclic) bond motifs is 1. The van der Waals surface area contributed by atoms with Crippen molar-refractivity contribution < 1.29 is 24.5 Å². The molecule has 5 aromatic rings. The zero-order valence-corrected chi connectivity index (χ0v) is 25.5. The number of pyridine rings is 1. The lowest BCUT2D eigenvalue weighted by atomic mass is 10.1. The van der Waals surface area contributed by atoms with Crippen molar-refractivity contribution in [3.05, 3.63) is 91.3 Å². The first-order valence-corrected chi connectivity index (χ1v) is 14.9. The van der Waals surface area contributed by atoms with Crippen LogP contribution in [0.3, 0.4) is 0 Å². The number of aliphatic carboxylic acids is 2. The van der Waals surface area contributed by atoms with E-state index < -0.39 is 11.9 Å². The Morgan fingerprint density at radius 2 is 1.72 bits per heavy atom. The molecule has 5 heterocycles. The Kier molecular flexibility index (Phi) is 10.7. The minimum absolute atomic E-state index is 0.558. The Hall–Kier alpha value is -5.56. The summed E-state index contributed by atoms with van der Waals surface area (Å²) in [7, 11) is 1.92. The lowest BCUT2D eigenvalue weighted by Crippen LogP contribution is -2.21. The highest BCUT2D eigenvalue weighted by molar-refractivity contribution is 5.89. The number of likely N-dealkylation sites (tertiary alicyclic amines) is 1. The average molecular weight is 625 g/mol. The summed E-state index contributed by atoms with van der Waals surface area (Å²) in [6.45, 7) is 4.94. The molecule has 3 N–H and O–H groups in total. The van der Waals surface area contributed by atoms with E-state index in [1.54, 1.807) is 6.33 Å². The monoisotopic (exact) mass is 624 g/mol. The van der Waals surface area contributed by atoms with Crippen molar-refractivity contribution in [2.24, 2.45) is 7.05 Å². The number of ether oxygens (including phenoxy) is 1. The summed E-state index contributed by atoms with van der Waals surface area (Å²) in [4.78, 5) is 35.1. The predicted octanol–water partition coefficient (Wildman–Crippen LogP) is 4.38. The van der Waals surface area contributed by atoms with Crippen LogP contribution in [-0.2, 0) is 23.2 Å². The van der Waals surface area contributed by atoms with Crippen LogP contribution in [0.25, 0.3) is 28.2 Å². The predicted molar refractivity (Wildman–Crippen MR) is 172 cm³/mol. The molecule has 6 rings (SSSR count). The highest BCUT2D eigenvalue weighted by atomic mass is 16.5. The smallest absolute Gasteiger partial charge is 0.328 e. The van der Waals surface area contributed by atoms with Crippen molar-refractivity contribution in [3.8, 4) is 28.3 Å². The van der Waals surface area contributed by atoms with Gasteiger partial charge in [0, 0.05) is 62.4 Å². The number of carbonyl (C=O) groups is 2. The first-order valence-electron chi connectivity index (χ1n) is 14.9. The van der Waals surface area contributed by atoms with Gasteiger partial charge in [-0.3, -0.25) is 9.08 Å². The molecule has 0 aliphatic carbocycles. The highest BCUT2D eigenvalue weighted by Crippen LogP contribution is 2.24. The second-order valence-electron chi connectivity index (χ2n) is 10.7. The number of hydrogen-bond acceptors (Lipinski definition) is 9. The minimum Gasteiger partial charge on any atom is -0.493 e. The van der Waals surface area contributed by atoms with E-state index in [2.05, 4.69) is 54.5 Å². The summed E-state index contributed by atoms with van der Waals surface area (Å²) in [6, 6.07) is 14.4. The van der Waals surface area contributed by atoms with Gasteiger partial charge in [-0.25, -0.2) is 24.5 Å². The van der Waals surface area contributed by atoms with E-state index in [-0.39, 0.29) is 0 Å². The number of nitrogens with one attached hydrogen (secondary N) is 1. The third-order valence-corrected chi connectivity index (χ3v) is 7.33. The lowest BCUT2D eigenvalue weighted by molar-refractivity contribution is -0.134. The van der Waals surface area contributed by atoms with Crippen molar-refractivity contribution in [2.75, 3.05) is 31.6 Å². The number of carboxylic acid groups (broad SMARTS) is 2. The van der Waals surface area contributed by atoms with Gasteiger partial charge in [0.2, 0.25) is 0 Å². The van der Waals surface area contributed by atoms with Gasteiger partial charge in [0.25, 0.3) is 0 Å². The number of benzene rings is 1. The van der Waals surface area contributed by atoms with Crippen LogP contribution in [0.15, 0.2) is 85.7 Å². The van der Waals surface area contributed by atoms with Crippen LogP contribution in [0.5, 0.6) is 5.75 Å². The summed E-state index contributed by atoms with van der Waals surface area (Å²) >= 11 is 0. The molecule has 238 valence electrons. The molecule has 0 unspecified atom stereocenters. The second kappa shape index (κ2) is 15.4. The van der Waals surface area contributed by atoms with E-state index in [9.17, 15) is 9.59 Å². The molecule has 46 heavy (non-hydrogen) atoms. The number of imidazole rings is 1. The maximum absolute atomic E-state index is 9.55. The summed E-state index contributed by atoms with van der Waals surface area (Å²) < 4.78 is 9.83. The Bertz CT molecular complexity index is 1780. The van der Waals surface area contributed by atoms with Crippen molar-refractivity contribution >= 4 is 23.4 Å². The fourth-order valence-electron chi connectivity index (χ4n) is 5.04. The summed E-state index contributed by atoms with van der Waals surface area (Å²) in [5, 5.41) is 23.3. The summed E-state index contributed by atoms with van der Waals surface area (Å²) in [5.41, 5.74) is 5.97. The van der Waals surface area contributed by atoms with E-state index in [0.717, 1.165) is 52.7 Å². The van der Waals surface area contributed by atoms with Crippen LogP contribution < -0.4 is 10.1 Å². The van der Waals surface area contributed by atoms with Gasteiger partial charge in [-0.2, -0.15) is 5.10 Å². The molecule has 1 saturated heterocycles. The largest absolute Gasteiger partial charge is 0.493 e. The molecule has 13 nitrogen and oxygen atoms in total. The van der Waals surface area contributed by atoms with Gasteiger partial charge in [-0.05, 0) is 49.5 Å². The molecule has 1 aliphatic rings. The number of nitrogens with zero attached hydrogens (tertiary/aromatic N) is 7. The molecule has 1 aliphatic heterocycles. The third-order valence-electron chi connectivity index (χ3n) is 7.33. The van der Waals surface area contributed by atoms with Gasteiger partial charge in [-0.15, -0.1) is 0 Å². The van der Waals surface area contributed by atoms with Crippen LogP contribution in [-0.4, -0.2) is 82.4 Å². The molecule has 0 atom stereocenters. The Morgan fingerprint density at radius 1 is 0.957 bits per heavy atom. The van der Waals surface area contributed by atoms with Crippen LogP contribution in [0.2, 0.25) is 0 Å². The molecule has 4 aromatic heterocycles. The number of aromatic nitrogens is 6. The summed E-state index contributed by atoms with van der Waals surface area (Å²) in [6.07, 6.45) is 14.1. The zero-order chi connectivity index (χ0) is 32.3. The standard InChI is InChI=1S/C29H32N8O.C4H4O4/c1-35-20-24(18-34-35)23-7-5-22(6-8-23)17-30-28-16-26(32-21-33-28)27-19-31-29-15-25(9-13-37(27)29)38-14-4-12-36-10-2-3-11-36;5-3(6)1-2-4(7)8/h5-9,13,15-16,18-21H,2-4,10-12,14,17H2,1H3,(H,30,32,33);1-2H,(H,5,6)(H,7,8)/b;2-1-. The molecular weight excluding hydrogens is 588 g/mol. The molecular formula is C33H36N8O5. The lowest BCUT2D eigenvalue weighted by Gasteiger charge is -2.14.